The maximum Gasteiger partial charge on any atom is 0.178 e. The van der Waals surface area contributed by atoms with E-state index in [0.29, 0.717) is 0 Å². The summed E-state index contributed by atoms with van der Waals surface area (Å²) in [6, 6.07) is 38.2. The number of nitrogens with two attached hydrogens (primary N) is 1. The fourth-order valence-electron chi connectivity index (χ4n) is 10.9. The Morgan fingerprint density at radius 1 is 0.618 bits per heavy atom. The second-order valence-corrected chi connectivity index (χ2v) is 17.3. The van der Waals surface area contributed by atoms with Crippen molar-refractivity contribution in [3.8, 4) is 45.3 Å². The molecule has 6 aromatic rings. The predicted octanol–water partition coefficient (Wildman–Crippen LogP) is 12.0. The van der Waals surface area contributed by atoms with Crippen molar-refractivity contribution in [1.82, 2.24) is 0 Å². The van der Waals surface area contributed by atoms with Crippen molar-refractivity contribution >= 4 is 22.5 Å². The molecule has 9 rings (SSSR count). The molecule has 1 spiro atoms. The van der Waals surface area contributed by atoms with Crippen molar-refractivity contribution < 1.29 is 18.9 Å². The lowest BCUT2D eigenvalue weighted by Crippen LogP contribution is -2.44. The van der Waals surface area contributed by atoms with Crippen LogP contribution in [-0.4, -0.2) is 21.3 Å². The second kappa shape index (κ2) is 12.4. The summed E-state index contributed by atoms with van der Waals surface area (Å²) in [5.74, 6) is 3.22. The van der Waals surface area contributed by atoms with Crippen LogP contribution in [0.25, 0.3) is 39.1 Å². The molecule has 2 N–H and O–H groups in total. The van der Waals surface area contributed by atoms with Crippen LogP contribution in [0, 0.1) is 10.8 Å². The van der Waals surface area contributed by atoms with Crippen LogP contribution in [-0.2, 0) is 11.0 Å². The smallest absolute Gasteiger partial charge is 0.178 e. The molecule has 0 radical (unpaired) electrons. The summed E-state index contributed by atoms with van der Waals surface area (Å²) in [7, 11) is 5.14. The number of hydrogen-bond donors (Lipinski definition) is 1. The highest BCUT2D eigenvalue weighted by Crippen LogP contribution is 2.67. The standard InChI is InChI=1S/C50H49NO4/c1-47(2)28-48(3,4)30-49(29-47)42-11-9-8-10-37(42)44-40-26-39(31-12-18-34(51)19-13-31)43(54-7)27-41(40)46-38(45(44)49)24-25-50(55-46,32-14-20-35(52-5)21-15-32)33-16-22-36(53-6)23-17-33/h8-27H,28-30,51H2,1-7H3. The van der Waals surface area contributed by atoms with E-state index >= 15 is 0 Å². The molecule has 0 amide bonds. The third-order valence-corrected chi connectivity index (χ3v) is 12.3. The number of benzene rings is 6. The maximum absolute atomic E-state index is 7.73. The highest BCUT2D eigenvalue weighted by Gasteiger charge is 2.55. The molecule has 0 bridgehead atoms. The molecular weight excluding hydrogens is 679 g/mol. The summed E-state index contributed by atoms with van der Waals surface area (Å²) < 4.78 is 25.2. The molecule has 55 heavy (non-hydrogen) atoms. The zero-order valence-electron chi connectivity index (χ0n) is 32.9. The van der Waals surface area contributed by atoms with E-state index in [1.165, 1.54) is 22.3 Å². The fraction of sp³-hybridized carbons (Fsp3) is 0.280. The predicted molar refractivity (Wildman–Crippen MR) is 224 cm³/mol. The van der Waals surface area contributed by atoms with Crippen LogP contribution in [0.3, 0.4) is 0 Å². The first-order valence-corrected chi connectivity index (χ1v) is 19.3. The first kappa shape index (κ1) is 35.0. The summed E-state index contributed by atoms with van der Waals surface area (Å²) in [4.78, 5) is 0. The molecular formula is C50H49NO4. The molecule has 0 saturated heterocycles. The Kier molecular flexibility index (Phi) is 7.92. The lowest BCUT2D eigenvalue weighted by atomic mass is 9.52. The van der Waals surface area contributed by atoms with E-state index in [2.05, 4.69) is 113 Å². The third kappa shape index (κ3) is 5.42. The van der Waals surface area contributed by atoms with E-state index in [9.17, 15) is 0 Å². The van der Waals surface area contributed by atoms with Crippen LogP contribution < -0.4 is 24.7 Å². The zero-order valence-corrected chi connectivity index (χ0v) is 32.9. The van der Waals surface area contributed by atoms with Crippen LogP contribution in [0.1, 0.15) is 74.8 Å². The minimum Gasteiger partial charge on any atom is -0.497 e. The summed E-state index contributed by atoms with van der Waals surface area (Å²) >= 11 is 0. The van der Waals surface area contributed by atoms with Crippen molar-refractivity contribution in [2.75, 3.05) is 27.1 Å². The Hall–Kier alpha value is -5.68. The van der Waals surface area contributed by atoms with Gasteiger partial charge in [-0.15, -0.1) is 0 Å². The number of anilines is 1. The van der Waals surface area contributed by atoms with E-state index in [0.717, 1.165) is 86.5 Å². The summed E-state index contributed by atoms with van der Waals surface area (Å²) in [6.07, 6.45) is 7.87. The number of ether oxygens (including phenoxy) is 4. The Labute approximate surface area is 324 Å². The van der Waals surface area contributed by atoms with Crippen LogP contribution in [0.15, 0.2) is 115 Å². The number of methoxy groups -OCH3 is 3. The first-order valence-electron chi connectivity index (χ1n) is 19.3. The van der Waals surface area contributed by atoms with Gasteiger partial charge in [0.1, 0.15) is 23.0 Å². The molecule has 2 aliphatic carbocycles. The van der Waals surface area contributed by atoms with Crippen molar-refractivity contribution in [2.24, 2.45) is 10.8 Å². The molecule has 6 aromatic carbocycles. The quantitative estimate of drug-likeness (QED) is 0.173. The molecule has 278 valence electrons. The van der Waals surface area contributed by atoms with Crippen LogP contribution in [0.4, 0.5) is 5.69 Å². The van der Waals surface area contributed by atoms with Gasteiger partial charge in [0, 0.05) is 38.7 Å². The van der Waals surface area contributed by atoms with Gasteiger partial charge < -0.3 is 24.7 Å². The number of fused-ring (bicyclic) bond motifs is 10. The van der Waals surface area contributed by atoms with Gasteiger partial charge in [-0.05, 0) is 118 Å². The van der Waals surface area contributed by atoms with Crippen LogP contribution in [0.5, 0.6) is 23.0 Å². The average molecular weight is 728 g/mol. The fourth-order valence-corrected chi connectivity index (χ4v) is 10.9. The van der Waals surface area contributed by atoms with Crippen LogP contribution in [0.2, 0.25) is 0 Å². The molecule has 1 heterocycles. The van der Waals surface area contributed by atoms with Gasteiger partial charge in [-0.25, -0.2) is 0 Å². The molecule has 0 aromatic heterocycles. The van der Waals surface area contributed by atoms with E-state index in [4.69, 9.17) is 24.7 Å². The molecule has 0 unspecified atom stereocenters. The molecule has 1 saturated carbocycles. The normalized spacial score (nSPS) is 17.9. The van der Waals surface area contributed by atoms with E-state index in [-0.39, 0.29) is 16.2 Å². The Balaban J connectivity index is 1.41. The van der Waals surface area contributed by atoms with Crippen LogP contribution >= 0.6 is 0 Å². The van der Waals surface area contributed by atoms with Crippen molar-refractivity contribution in [3.63, 3.8) is 0 Å². The molecule has 5 heteroatoms. The summed E-state index contributed by atoms with van der Waals surface area (Å²) in [5, 5.41) is 2.17. The minimum absolute atomic E-state index is 0.114. The lowest BCUT2D eigenvalue weighted by molar-refractivity contribution is 0.0642. The third-order valence-electron chi connectivity index (χ3n) is 12.3. The van der Waals surface area contributed by atoms with Crippen molar-refractivity contribution in [2.45, 2.75) is 58.0 Å². The molecule has 5 nitrogen and oxygen atoms in total. The Morgan fingerprint density at radius 3 is 1.80 bits per heavy atom. The average Bonchev–Trinajstić information content (AvgIpc) is 3.44. The van der Waals surface area contributed by atoms with Crippen molar-refractivity contribution in [3.05, 3.63) is 143 Å². The van der Waals surface area contributed by atoms with Gasteiger partial charge in [0.05, 0.1) is 21.3 Å². The SMILES string of the molecule is COc1ccc(C2(c3ccc(OC)cc3)C=Cc3c4c(c5cc(-c6ccc(N)cc6)c(OC)cc5c3O2)-c2ccccc2C42CC(C)(C)CC(C)(C)C2)cc1. The largest absolute Gasteiger partial charge is 0.497 e. The molecule has 0 atom stereocenters. The van der Waals surface area contributed by atoms with Gasteiger partial charge in [-0.1, -0.05) is 94.4 Å². The molecule has 1 aliphatic heterocycles. The van der Waals surface area contributed by atoms with Gasteiger partial charge in [0.25, 0.3) is 0 Å². The zero-order chi connectivity index (χ0) is 38.3. The van der Waals surface area contributed by atoms with E-state index in [1.54, 1.807) is 21.3 Å². The maximum atomic E-state index is 7.73. The monoisotopic (exact) mass is 727 g/mol. The minimum atomic E-state index is -0.945. The summed E-state index contributed by atoms with van der Waals surface area (Å²) in [6.45, 7) is 9.83. The van der Waals surface area contributed by atoms with E-state index in [1.807, 2.05) is 36.4 Å². The van der Waals surface area contributed by atoms with Crippen molar-refractivity contribution in [1.29, 1.82) is 0 Å². The van der Waals surface area contributed by atoms with Gasteiger partial charge in [-0.2, -0.15) is 0 Å². The topological polar surface area (TPSA) is 62.9 Å². The Morgan fingerprint density at radius 2 is 1.22 bits per heavy atom. The highest BCUT2D eigenvalue weighted by molar-refractivity contribution is 6.10. The lowest BCUT2D eigenvalue weighted by Gasteiger charge is -2.52. The first-order chi connectivity index (χ1) is 26.4. The number of nitrogen functional groups attached to an aromatic ring is 1. The highest BCUT2D eigenvalue weighted by atomic mass is 16.5. The second-order valence-electron chi connectivity index (χ2n) is 17.3. The number of hydrogen-bond acceptors (Lipinski definition) is 5. The molecule has 3 aliphatic rings. The number of rotatable bonds is 6. The van der Waals surface area contributed by atoms with Gasteiger partial charge in [-0.3, -0.25) is 0 Å². The van der Waals surface area contributed by atoms with Gasteiger partial charge >= 0.3 is 0 Å². The molecule has 1 fully saturated rings. The van der Waals surface area contributed by atoms with E-state index < -0.39 is 5.60 Å². The van der Waals surface area contributed by atoms with Gasteiger partial charge in [0.2, 0.25) is 0 Å². The summed E-state index contributed by atoms with van der Waals surface area (Å²) in [5.41, 5.74) is 16.6. The van der Waals surface area contributed by atoms with Gasteiger partial charge in [0.15, 0.2) is 5.60 Å². The Bertz CT molecular complexity index is 2430.